The van der Waals surface area contributed by atoms with Crippen molar-refractivity contribution >= 4 is 10.0 Å². The Morgan fingerprint density at radius 1 is 1.45 bits per heavy atom. The average molecular weight is 179 g/mol. The van der Waals surface area contributed by atoms with E-state index in [1.165, 1.54) is 0 Å². The Hall–Kier alpha value is -0.130. The minimum Gasteiger partial charge on any atom is -0.351 e. The molecule has 0 aliphatic carbocycles. The zero-order valence-corrected chi connectivity index (χ0v) is 7.68. The minimum absolute atomic E-state index is 0.0589. The first-order valence-corrected chi connectivity index (χ1v) is 5.14. The van der Waals surface area contributed by atoms with Gasteiger partial charge in [0.25, 0.3) is 0 Å². The van der Waals surface area contributed by atoms with Gasteiger partial charge in [-0.05, 0) is 20.8 Å². The largest absolute Gasteiger partial charge is 0.351 e. The highest BCUT2D eigenvalue weighted by Crippen LogP contribution is 2.25. The van der Waals surface area contributed by atoms with E-state index in [9.17, 15) is 8.42 Å². The van der Waals surface area contributed by atoms with Gasteiger partial charge in [0.2, 0.25) is 10.0 Å². The van der Waals surface area contributed by atoms with E-state index >= 15 is 0 Å². The summed E-state index contributed by atoms with van der Waals surface area (Å²) in [7, 11) is -3.21. The fourth-order valence-electron chi connectivity index (χ4n) is 0.887. The van der Waals surface area contributed by atoms with E-state index in [4.69, 9.17) is 4.74 Å². The molecule has 0 amide bonds. The quantitative estimate of drug-likeness (QED) is 0.623. The maximum atomic E-state index is 11.2. The van der Waals surface area contributed by atoms with Crippen molar-refractivity contribution in [2.75, 3.05) is 0 Å². The van der Waals surface area contributed by atoms with E-state index in [2.05, 4.69) is 4.72 Å². The molecule has 4 nitrogen and oxygen atoms in total. The van der Waals surface area contributed by atoms with Crippen LogP contribution in [0.1, 0.15) is 20.8 Å². The molecular weight excluding hydrogens is 166 g/mol. The van der Waals surface area contributed by atoms with Crippen LogP contribution in [-0.2, 0) is 14.8 Å². The van der Waals surface area contributed by atoms with E-state index in [-0.39, 0.29) is 12.1 Å². The molecule has 1 aliphatic heterocycles. The number of hydrogen-bond acceptors (Lipinski definition) is 3. The average Bonchev–Trinajstić information content (AvgIpc) is 2.42. The molecule has 2 atom stereocenters. The van der Waals surface area contributed by atoms with Gasteiger partial charge in [-0.2, -0.15) is 0 Å². The minimum atomic E-state index is -3.21. The number of sulfonamides is 1. The predicted octanol–water partition coefficient (Wildman–Crippen LogP) is 0.0590. The zero-order valence-electron chi connectivity index (χ0n) is 6.87. The number of nitrogens with one attached hydrogen (secondary N) is 1. The molecule has 1 fully saturated rings. The highest BCUT2D eigenvalue weighted by molar-refractivity contribution is 7.90. The van der Waals surface area contributed by atoms with Crippen LogP contribution < -0.4 is 4.72 Å². The molecular formula is C6H13NO3S. The third-order valence-corrected chi connectivity index (χ3v) is 3.27. The van der Waals surface area contributed by atoms with Crippen molar-refractivity contribution in [3.05, 3.63) is 0 Å². The second-order valence-corrected chi connectivity index (χ2v) is 4.82. The Kier molecular flexibility index (Phi) is 2.22. The lowest BCUT2D eigenvalue weighted by Crippen LogP contribution is -2.34. The molecule has 0 bridgehead atoms. The summed E-state index contributed by atoms with van der Waals surface area (Å²) in [5, 5.41) is 0. The van der Waals surface area contributed by atoms with Gasteiger partial charge in [-0.25, -0.2) is 13.1 Å². The maximum absolute atomic E-state index is 11.2. The Bertz CT molecular complexity index is 234. The van der Waals surface area contributed by atoms with E-state index < -0.39 is 15.5 Å². The molecule has 0 radical (unpaired) electrons. The highest BCUT2D eigenvalue weighted by atomic mass is 32.2. The van der Waals surface area contributed by atoms with Gasteiger partial charge in [-0.15, -0.1) is 0 Å². The maximum Gasteiger partial charge on any atom is 0.241 e. The summed E-state index contributed by atoms with van der Waals surface area (Å²) in [6.45, 7) is 5.30. The van der Waals surface area contributed by atoms with Crippen molar-refractivity contribution in [3.63, 3.8) is 0 Å². The summed E-state index contributed by atoms with van der Waals surface area (Å²) in [4.78, 5) is 0. The molecule has 0 aromatic rings. The van der Waals surface area contributed by atoms with Crippen LogP contribution in [0.15, 0.2) is 0 Å². The third kappa shape index (κ3) is 2.15. The Balaban J connectivity index is 2.55. The lowest BCUT2D eigenvalue weighted by atomic mass is 10.4. The molecule has 0 spiro atoms. The van der Waals surface area contributed by atoms with Crippen LogP contribution >= 0.6 is 0 Å². The summed E-state index contributed by atoms with van der Waals surface area (Å²) in [6.07, 6.45) is -0.147. The first kappa shape index (κ1) is 8.96. The summed E-state index contributed by atoms with van der Waals surface area (Å²) >= 11 is 0. The Labute approximate surface area is 67.0 Å². The van der Waals surface area contributed by atoms with Gasteiger partial charge < -0.3 is 4.74 Å². The lowest BCUT2D eigenvalue weighted by molar-refractivity contribution is 0.403. The van der Waals surface area contributed by atoms with E-state index in [1.54, 1.807) is 20.8 Å². The van der Waals surface area contributed by atoms with Crippen LogP contribution in [0.5, 0.6) is 0 Å². The third-order valence-electron chi connectivity index (χ3n) is 1.36. The van der Waals surface area contributed by atoms with Crippen molar-refractivity contribution in [3.8, 4) is 0 Å². The summed E-state index contributed by atoms with van der Waals surface area (Å²) in [5.74, 6) is 0. The molecule has 0 saturated carbocycles. The van der Waals surface area contributed by atoms with E-state index in [0.29, 0.717) is 0 Å². The zero-order chi connectivity index (χ0) is 8.65. The fourth-order valence-corrected chi connectivity index (χ4v) is 2.50. The van der Waals surface area contributed by atoms with Gasteiger partial charge in [0.1, 0.15) is 0 Å². The SMILES string of the molecule is CC(C)NS(=O)(=O)C1OC1C. The van der Waals surface area contributed by atoms with Gasteiger partial charge in [0.05, 0.1) is 6.10 Å². The van der Waals surface area contributed by atoms with Gasteiger partial charge in [0, 0.05) is 6.04 Å². The van der Waals surface area contributed by atoms with Crippen LogP contribution in [0.2, 0.25) is 0 Å². The summed E-state index contributed by atoms with van der Waals surface area (Å²) in [5.41, 5.74) is -0.620. The summed E-state index contributed by atoms with van der Waals surface area (Å²) < 4.78 is 29.6. The van der Waals surface area contributed by atoms with Crippen LogP contribution in [-0.4, -0.2) is 26.0 Å². The number of rotatable bonds is 3. The fraction of sp³-hybridized carbons (Fsp3) is 1.00. The first-order valence-electron chi connectivity index (χ1n) is 3.60. The molecule has 5 heteroatoms. The smallest absolute Gasteiger partial charge is 0.241 e. The second-order valence-electron chi connectivity index (χ2n) is 3.03. The Morgan fingerprint density at radius 3 is 2.18 bits per heavy atom. The molecule has 66 valence electrons. The van der Waals surface area contributed by atoms with Gasteiger partial charge >= 0.3 is 0 Å². The van der Waals surface area contributed by atoms with Crippen molar-refractivity contribution in [2.45, 2.75) is 38.4 Å². The van der Waals surface area contributed by atoms with Crippen LogP contribution in [0.4, 0.5) is 0 Å². The van der Waals surface area contributed by atoms with Crippen molar-refractivity contribution < 1.29 is 13.2 Å². The summed E-state index contributed by atoms with van der Waals surface area (Å²) in [6, 6.07) is -0.0589. The molecule has 1 heterocycles. The molecule has 2 unspecified atom stereocenters. The van der Waals surface area contributed by atoms with Crippen molar-refractivity contribution in [1.29, 1.82) is 0 Å². The van der Waals surface area contributed by atoms with Gasteiger partial charge in [-0.1, -0.05) is 0 Å². The van der Waals surface area contributed by atoms with Gasteiger partial charge in [-0.3, -0.25) is 0 Å². The molecule has 1 rings (SSSR count). The highest BCUT2D eigenvalue weighted by Gasteiger charge is 2.46. The van der Waals surface area contributed by atoms with E-state index in [0.717, 1.165) is 0 Å². The predicted molar refractivity (Wildman–Crippen MR) is 41.5 cm³/mol. The number of ether oxygens (including phenoxy) is 1. The molecule has 1 saturated heterocycles. The van der Waals surface area contributed by atoms with E-state index in [1.807, 2.05) is 0 Å². The van der Waals surface area contributed by atoms with Crippen LogP contribution in [0, 0.1) is 0 Å². The number of hydrogen-bond donors (Lipinski definition) is 1. The molecule has 1 N–H and O–H groups in total. The molecule has 1 aliphatic rings. The first-order chi connectivity index (χ1) is 4.93. The van der Waals surface area contributed by atoms with Crippen LogP contribution in [0.3, 0.4) is 0 Å². The molecule has 0 aromatic carbocycles. The van der Waals surface area contributed by atoms with Crippen LogP contribution in [0.25, 0.3) is 0 Å². The topological polar surface area (TPSA) is 58.7 Å². The van der Waals surface area contributed by atoms with Crippen molar-refractivity contribution in [1.82, 2.24) is 4.72 Å². The Morgan fingerprint density at radius 2 is 1.91 bits per heavy atom. The molecule has 0 aromatic heterocycles. The lowest BCUT2D eigenvalue weighted by Gasteiger charge is -2.05. The number of epoxide rings is 1. The standard InChI is InChI=1S/C6H13NO3S/c1-4(2)7-11(8,9)6-5(3)10-6/h4-7H,1-3H3. The second kappa shape index (κ2) is 2.73. The van der Waals surface area contributed by atoms with Gasteiger partial charge in [0.15, 0.2) is 5.44 Å². The van der Waals surface area contributed by atoms with Crippen molar-refractivity contribution in [2.24, 2.45) is 0 Å². The normalized spacial score (nSPS) is 30.9. The molecule has 11 heavy (non-hydrogen) atoms. The monoisotopic (exact) mass is 179 g/mol.